The molecule has 1 amide bonds. The van der Waals surface area contributed by atoms with Crippen LogP contribution in [0.15, 0.2) is 24.3 Å². The van der Waals surface area contributed by atoms with E-state index in [0.29, 0.717) is 23.7 Å². The van der Waals surface area contributed by atoms with Gasteiger partial charge in [0.1, 0.15) is 0 Å². The highest BCUT2D eigenvalue weighted by Gasteiger charge is 2.17. The molecule has 0 saturated heterocycles. The van der Waals surface area contributed by atoms with Crippen LogP contribution in [-0.2, 0) is 14.3 Å². The maximum absolute atomic E-state index is 12.5. The summed E-state index contributed by atoms with van der Waals surface area (Å²) in [6.07, 6.45) is 1.19. The molecule has 0 N–H and O–H groups in total. The number of benzene rings is 1. The molecule has 0 fully saturated rings. The SMILES string of the molecule is COC(=O)CCN(CCCN(C)C)C(=O)CCC(=O)c1ccc(Cl)cc1. The van der Waals surface area contributed by atoms with E-state index in [4.69, 9.17) is 11.6 Å². The van der Waals surface area contributed by atoms with E-state index in [9.17, 15) is 14.4 Å². The number of hydrogen-bond acceptors (Lipinski definition) is 5. The molecular formula is C19H27ClN2O4. The summed E-state index contributed by atoms with van der Waals surface area (Å²) in [5.41, 5.74) is 0.538. The highest BCUT2D eigenvalue weighted by atomic mass is 35.5. The topological polar surface area (TPSA) is 66.9 Å². The van der Waals surface area contributed by atoms with Crippen LogP contribution in [0.2, 0.25) is 5.02 Å². The molecule has 0 aliphatic carbocycles. The van der Waals surface area contributed by atoms with E-state index >= 15 is 0 Å². The van der Waals surface area contributed by atoms with Gasteiger partial charge in [-0.25, -0.2) is 0 Å². The first-order valence-electron chi connectivity index (χ1n) is 8.61. The van der Waals surface area contributed by atoms with Crippen molar-refractivity contribution in [3.05, 3.63) is 34.9 Å². The van der Waals surface area contributed by atoms with Gasteiger partial charge in [-0.2, -0.15) is 0 Å². The second kappa shape index (κ2) is 11.6. The first-order chi connectivity index (χ1) is 12.3. The first-order valence-corrected chi connectivity index (χ1v) is 8.99. The van der Waals surface area contributed by atoms with Crippen molar-refractivity contribution in [3.63, 3.8) is 0 Å². The number of carbonyl (C=O) groups is 3. The minimum atomic E-state index is -0.354. The lowest BCUT2D eigenvalue weighted by Gasteiger charge is -2.23. The standard InChI is InChI=1S/C19H27ClN2O4/c1-21(2)12-4-13-22(14-11-19(25)26-3)18(24)10-9-17(23)15-5-7-16(20)8-6-15/h5-8H,4,9-14H2,1-3H3. The van der Waals surface area contributed by atoms with Gasteiger partial charge in [0, 0.05) is 36.5 Å². The lowest BCUT2D eigenvalue weighted by Crippen LogP contribution is -2.35. The van der Waals surface area contributed by atoms with Gasteiger partial charge >= 0.3 is 5.97 Å². The Morgan fingerprint density at radius 2 is 1.62 bits per heavy atom. The quantitative estimate of drug-likeness (QED) is 0.434. The summed E-state index contributed by atoms with van der Waals surface area (Å²) in [5.74, 6) is -0.584. The summed E-state index contributed by atoms with van der Waals surface area (Å²) in [6.45, 7) is 1.68. The molecule has 0 spiro atoms. The normalized spacial score (nSPS) is 10.7. The van der Waals surface area contributed by atoms with Crippen LogP contribution in [0, 0.1) is 0 Å². The Balaban J connectivity index is 2.57. The third-order valence-corrected chi connectivity index (χ3v) is 4.18. The van der Waals surface area contributed by atoms with Crippen LogP contribution >= 0.6 is 11.6 Å². The molecule has 0 bridgehead atoms. The highest BCUT2D eigenvalue weighted by molar-refractivity contribution is 6.30. The van der Waals surface area contributed by atoms with Gasteiger partial charge in [0.15, 0.2) is 5.78 Å². The Kier molecular flexibility index (Phi) is 9.91. The summed E-state index contributed by atoms with van der Waals surface area (Å²) < 4.78 is 4.64. The molecule has 1 rings (SSSR count). The van der Waals surface area contributed by atoms with Crippen LogP contribution in [0.1, 0.15) is 36.0 Å². The predicted octanol–water partition coefficient (Wildman–Crippen LogP) is 2.65. The second-order valence-corrected chi connectivity index (χ2v) is 6.73. The van der Waals surface area contributed by atoms with Gasteiger partial charge in [-0.05, 0) is 51.3 Å². The van der Waals surface area contributed by atoms with E-state index in [0.717, 1.165) is 13.0 Å². The number of carbonyl (C=O) groups excluding carboxylic acids is 3. The summed E-state index contributed by atoms with van der Waals surface area (Å²) in [5, 5.41) is 0.563. The van der Waals surface area contributed by atoms with Crippen molar-refractivity contribution in [3.8, 4) is 0 Å². The fourth-order valence-electron chi connectivity index (χ4n) is 2.43. The van der Waals surface area contributed by atoms with Crippen LogP contribution in [0.3, 0.4) is 0 Å². The van der Waals surface area contributed by atoms with Crippen molar-refractivity contribution in [1.29, 1.82) is 0 Å². The zero-order chi connectivity index (χ0) is 19.5. The fourth-order valence-corrected chi connectivity index (χ4v) is 2.55. The monoisotopic (exact) mass is 382 g/mol. The molecular weight excluding hydrogens is 356 g/mol. The highest BCUT2D eigenvalue weighted by Crippen LogP contribution is 2.12. The molecule has 0 radical (unpaired) electrons. The Morgan fingerprint density at radius 3 is 2.19 bits per heavy atom. The van der Waals surface area contributed by atoms with Crippen LogP contribution in [0.25, 0.3) is 0 Å². The zero-order valence-corrected chi connectivity index (χ0v) is 16.4. The van der Waals surface area contributed by atoms with E-state index in [2.05, 4.69) is 4.74 Å². The molecule has 7 heteroatoms. The third-order valence-electron chi connectivity index (χ3n) is 3.93. The number of amides is 1. The van der Waals surface area contributed by atoms with E-state index in [1.807, 2.05) is 19.0 Å². The molecule has 6 nitrogen and oxygen atoms in total. The van der Waals surface area contributed by atoms with Gasteiger partial charge < -0.3 is 14.5 Å². The Morgan fingerprint density at radius 1 is 0.962 bits per heavy atom. The number of methoxy groups -OCH3 is 1. The van der Waals surface area contributed by atoms with E-state index in [1.54, 1.807) is 29.2 Å². The van der Waals surface area contributed by atoms with Crippen molar-refractivity contribution in [1.82, 2.24) is 9.80 Å². The van der Waals surface area contributed by atoms with Crippen molar-refractivity contribution >= 4 is 29.3 Å². The number of rotatable bonds is 11. The fraction of sp³-hybridized carbons (Fsp3) is 0.526. The molecule has 0 aliphatic heterocycles. The number of ketones is 1. The van der Waals surface area contributed by atoms with Crippen molar-refractivity contribution in [2.24, 2.45) is 0 Å². The summed E-state index contributed by atoms with van der Waals surface area (Å²) >= 11 is 5.82. The molecule has 144 valence electrons. The maximum Gasteiger partial charge on any atom is 0.307 e. The van der Waals surface area contributed by atoms with Gasteiger partial charge in [-0.3, -0.25) is 14.4 Å². The Labute approximate surface area is 160 Å². The van der Waals surface area contributed by atoms with E-state index in [1.165, 1.54) is 7.11 Å². The van der Waals surface area contributed by atoms with Gasteiger partial charge in [-0.1, -0.05) is 11.6 Å². The van der Waals surface area contributed by atoms with Crippen molar-refractivity contribution in [2.75, 3.05) is 40.8 Å². The zero-order valence-electron chi connectivity index (χ0n) is 15.7. The Hall–Kier alpha value is -1.92. The number of esters is 1. The summed E-state index contributed by atoms with van der Waals surface area (Å²) in [6, 6.07) is 6.61. The lowest BCUT2D eigenvalue weighted by molar-refractivity contribution is -0.141. The average molecular weight is 383 g/mol. The molecule has 0 saturated carbocycles. The Bertz CT molecular complexity index is 602. The van der Waals surface area contributed by atoms with Crippen LogP contribution in [-0.4, -0.2) is 68.3 Å². The number of Topliss-reactive ketones (excluding diaryl/α,β-unsaturated/α-hetero) is 1. The number of nitrogens with zero attached hydrogens (tertiary/aromatic N) is 2. The third kappa shape index (κ3) is 8.45. The molecule has 1 aromatic carbocycles. The maximum atomic E-state index is 12.5. The first kappa shape index (κ1) is 22.1. The minimum absolute atomic E-state index is 0.101. The summed E-state index contributed by atoms with van der Waals surface area (Å²) in [7, 11) is 5.25. The molecule has 0 aromatic heterocycles. The van der Waals surface area contributed by atoms with Gasteiger partial charge in [0.05, 0.1) is 13.5 Å². The number of halogens is 1. The van der Waals surface area contributed by atoms with Gasteiger partial charge in [0.2, 0.25) is 5.91 Å². The van der Waals surface area contributed by atoms with Crippen LogP contribution in [0.4, 0.5) is 0 Å². The molecule has 0 unspecified atom stereocenters. The average Bonchev–Trinajstić information content (AvgIpc) is 2.62. The number of hydrogen-bond donors (Lipinski definition) is 0. The van der Waals surface area contributed by atoms with Crippen molar-refractivity contribution in [2.45, 2.75) is 25.7 Å². The minimum Gasteiger partial charge on any atom is -0.469 e. The van der Waals surface area contributed by atoms with Crippen LogP contribution < -0.4 is 0 Å². The van der Waals surface area contributed by atoms with Crippen LogP contribution in [0.5, 0.6) is 0 Å². The second-order valence-electron chi connectivity index (χ2n) is 6.29. The number of ether oxygens (including phenoxy) is 1. The predicted molar refractivity (Wildman–Crippen MR) is 101 cm³/mol. The molecule has 0 aliphatic rings. The molecule has 26 heavy (non-hydrogen) atoms. The smallest absolute Gasteiger partial charge is 0.307 e. The van der Waals surface area contributed by atoms with E-state index < -0.39 is 0 Å². The van der Waals surface area contributed by atoms with E-state index in [-0.39, 0.29) is 36.9 Å². The largest absolute Gasteiger partial charge is 0.469 e. The molecule has 1 aromatic rings. The van der Waals surface area contributed by atoms with Gasteiger partial charge in [-0.15, -0.1) is 0 Å². The summed E-state index contributed by atoms with van der Waals surface area (Å²) in [4.78, 5) is 39.7. The van der Waals surface area contributed by atoms with Gasteiger partial charge in [0.25, 0.3) is 0 Å². The van der Waals surface area contributed by atoms with Crippen molar-refractivity contribution < 1.29 is 19.1 Å². The lowest BCUT2D eigenvalue weighted by atomic mass is 10.1. The molecule has 0 atom stereocenters. The molecule has 0 heterocycles.